The molecule has 0 aliphatic heterocycles. The first-order chi connectivity index (χ1) is 13.8. The summed E-state index contributed by atoms with van der Waals surface area (Å²) < 4.78 is 40.6. The van der Waals surface area contributed by atoms with Crippen LogP contribution in [0.5, 0.6) is 0 Å². The Morgan fingerprint density at radius 1 is 1.10 bits per heavy atom. The number of aryl methyl sites for hydroxylation is 1. The van der Waals surface area contributed by atoms with Crippen molar-refractivity contribution in [3.63, 3.8) is 0 Å². The molecule has 0 aliphatic carbocycles. The van der Waals surface area contributed by atoms with E-state index in [1.807, 2.05) is 30.3 Å². The highest BCUT2D eigenvalue weighted by atomic mass is 32.1. The van der Waals surface area contributed by atoms with Gasteiger partial charge < -0.3 is 5.32 Å². The number of aromatic nitrogens is 2. The second-order valence-corrected chi connectivity index (χ2v) is 7.57. The normalized spacial score (nSPS) is 11.7. The summed E-state index contributed by atoms with van der Waals surface area (Å²) in [7, 11) is 0. The van der Waals surface area contributed by atoms with Crippen LogP contribution in [-0.2, 0) is 12.7 Å². The van der Waals surface area contributed by atoms with Crippen LogP contribution in [0.2, 0.25) is 0 Å². The molecule has 0 saturated heterocycles. The van der Waals surface area contributed by atoms with E-state index < -0.39 is 11.7 Å². The predicted octanol–water partition coefficient (Wildman–Crippen LogP) is 5.34. The largest absolute Gasteiger partial charge is 0.416 e. The summed E-state index contributed by atoms with van der Waals surface area (Å²) >= 11 is 1.20. The molecule has 8 heteroatoms. The van der Waals surface area contributed by atoms with E-state index in [-0.39, 0.29) is 5.91 Å². The minimum atomic E-state index is -4.44. The summed E-state index contributed by atoms with van der Waals surface area (Å²) in [5.74, 6) is -0.231. The second-order valence-electron chi connectivity index (χ2n) is 6.54. The summed E-state index contributed by atoms with van der Waals surface area (Å²) in [6.07, 6.45) is -4.44. The first-order valence-electron chi connectivity index (χ1n) is 8.82. The first kappa shape index (κ1) is 19.2. The monoisotopic (exact) mass is 415 g/mol. The molecule has 2 aromatic heterocycles. The van der Waals surface area contributed by atoms with E-state index in [0.717, 1.165) is 23.1 Å². The van der Waals surface area contributed by atoms with Crippen molar-refractivity contribution < 1.29 is 18.0 Å². The van der Waals surface area contributed by atoms with Gasteiger partial charge in [-0.2, -0.15) is 18.3 Å². The van der Waals surface area contributed by atoms with Gasteiger partial charge in [0, 0.05) is 11.9 Å². The van der Waals surface area contributed by atoms with E-state index in [0.29, 0.717) is 27.6 Å². The molecule has 0 atom stereocenters. The number of alkyl halides is 3. The molecule has 148 valence electrons. The van der Waals surface area contributed by atoms with E-state index in [2.05, 4.69) is 10.4 Å². The summed E-state index contributed by atoms with van der Waals surface area (Å²) in [5.41, 5.74) is 1.19. The van der Waals surface area contributed by atoms with Crippen LogP contribution in [0.25, 0.3) is 15.9 Å². The third kappa shape index (κ3) is 3.88. The third-order valence-corrected chi connectivity index (χ3v) is 5.59. The van der Waals surface area contributed by atoms with Crippen molar-refractivity contribution in [3.8, 4) is 5.69 Å². The number of rotatable bonds is 4. The number of benzene rings is 2. The number of halogens is 3. The van der Waals surface area contributed by atoms with E-state index in [9.17, 15) is 18.0 Å². The molecule has 29 heavy (non-hydrogen) atoms. The molecular formula is C21H16F3N3OS. The van der Waals surface area contributed by atoms with Crippen LogP contribution < -0.4 is 5.32 Å². The smallest absolute Gasteiger partial charge is 0.347 e. The zero-order valence-electron chi connectivity index (χ0n) is 15.3. The van der Waals surface area contributed by atoms with Crippen LogP contribution >= 0.6 is 11.3 Å². The lowest BCUT2D eigenvalue weighted by Crippen LogP contribution is -2.21. The Labute approximate surface area is 168 Å². The van der Waals surface area contributed by atoms with E-state index in [4.69, 9.17) is 0 Å². The number of nitrogens with one attached hydrogen (secondary N) is 1. The Kier molecular flexibility index (Phi) is 4.87. The van der Waals surface area contributed by atoms with Crippen molar-refractivity contribution in [1.82, 2.24) is 15.1 Å². The first-order valence-corrected chi connectivity index (χ1v) is 9.63. The number of thiophene rings is 1. The van der Waals surface area contributed by atoms with Gasteiger partial charge in [0.15, 0.2) is 0 Å². The SMILES string of the molecule is Cc1nn(-c2cccc(C(F)(F)F)c2)c2sc(C(=O)NCc3ccccc3)cc12. The number of carbonyl (C=O) groups excluding carboxylic acids is 1. The van der Waals surface area contributed by atoms with Crippen molar-refractivity contribution in [2.75, 3.05) is 0 Å². The topological polar surface area (TPSA) is 46.9 Å². The minimum absolute atomic E-state index is 0.231. The highest BCUT2D eigenvalue weighted by molar-refractivity contribution is 7.20. The fraction of sp³-hybridized carbons (Fsp3) is 0.143. The molecule has 2 heterocycles. The molecule has 4 aromatic rings. The molecule has 0 spiro atoms. The lowest BCUT2D eigenvalue weighted by atomic mass is 10.2. The highest BCUT2D eigenvalue weighted by Crippen LogP contribution is 2.33. The van der Waals surface area contributed by atoms with Crippen molar-refractivity contribution in [1.29, 1.82) is 0 Å². The zero-order valence-corrected chi connectivity index (χ0v) is 16.1. The van der Waals surface area contributed by atoms with Gasteiger partial charge in [0.1, 0.15) is 4.83 Å². The second kappa shape index (κ2) is 7.36. The minimum Gasteiger partial charge on any atom is -0.347 e. The van der Waals surface area contributed by atoms with Crippen LogP contribution in [0.3, 0.4) is 0 Å². The number of carbonyl (C=O) groups is 1. The quantitative estimate of drug-likeness (QED) is 0.489. The summed E-state index contributed by atoms with van der Waals surface area (Å²) in [4.78, 5) is 13.7. The average Bonchev–Trinajstić information content (AvgIpc) is 3.27. The van der Waals surface area contributed by atoms with Crippen LogP contribution in [0.1, 0.15) is 26.5 Å². The van der Waals surface area contributed by atoms with E-state index >= 15 is 0 Å². The molecule has 0 unspecified atom stereocenters. The maximum Gasteiger partial charge on any atom is 0.416 e. The van der Waals surface area contributed by atoms with Gasteiger partial charge in [-0.25, -0.2) is 4.68 Å². The van der Waals surface area contributed by atoms with Gasteiger partial charge in [-0.05, 0) is 36.8 Å². The summed E-state index contributed by atoms with van der Waals surface area (Å²) in [6.45, 7) is 2.16. The van der Waals surface area contributed by atoms with Gasteiger partial charge in [-0.3, -0.25) is 4.79 Å². The molecule has 0 radical (unpaired) electrons. The van der Waals surface area contributed by atoms with E-state index in [1.165, 1.54) is 22.1 Å². The van der Waals surface area contributed by atoms with E-state index in [1.54, 1.807) is 19.1 Å². The Balaban J connectivity index is 1.65. The summed E-state index contributed by atoms with van der Waals surface area (Å²) in [5, 5.41) is 7.98. The maximum absolute atomic E-state index is 13.1. The van der Waals surface area contributed by atoms with Crippen molar-refractivity contribution in [2.24, 2.45) is 0 Å². The number of nitrogens with zero attached hydrogens (tertiary/aromatic N) is 2. The number of fused-ring (bicyclic) bond motifs is 1. The third-order valence-electron chi connectivity index (χ3n) is 4.48. The lowest BCUT2D eigenvalue weighted by molar-refractivity contribution is -0.137. The highest BCUT2D eigenvalue weighted by Gasteiger charge is 2.30. The van der Waals surface area contributed by atoms with Crippen LogP contribution in [0.15, 0.2) is 60.7 Å². The van der Waals surface area contributed by atoms with Gasteiger partial charge in [0.2, 0.25) is 0 Å². The van der Waals surface area contributed by atoms with Crippen molar-refractivity contribution in [2.45, 2.75) is 19.6 Å². The molecule has 2 aromatic carbocycles. The number of hydrogen-bond donors (Lipinski definition) is 1. The fourth-order valence-electron chi connectivity index (χ4n) is 3.01. The Morgan fingerprint density at radius 3 is 2.59 bits per heavy atom. The molecule has 0 fully saturated rings. The molecule has 0 bridgehead atoms. The van der Waals surface area contributed by atoms with Gasteiger partial charge in [-0.15, -0.1) is 11.3 Å². The Morgan fingerprint density at radius 2 is 1.86 bits per heavy atom. The molecule has 4 nitrogen and oxygen atoms in total. The Hall–Kier alpha value is -3.13. The summed E-state index contributed by atoms with van der Waals surface area (Å²) in [6, 6.07) is 16.3. The van der Waals surface area contributed by atoms with Gasteiger partial charge >= 0.3 is 6.18 Å². The predicted molar refractivity (Wildman–Crippen MR) is 106 cm³/mol. The molecular weight excluding hydrogens is 399 g/mol. The maximum atomic E-state index is 13.1. The van der Waals surface area contributed by atoms with Gasteiger partial charge in [0.25, 0.3) is 5.91 Å². The molecule has 1 N–H and O–H groups in total. The zero-order chi connectivity index (χ0) is 20.6. The molecule has 0 aliphatic rings. The Bertz CT molecular complexity index is 1180. The fourth-order valence-corrected chi connectivity index (χ4v) is 4.11. The standard InChI is InChI=1S/C21H16F3N3OS/c1-13-17-11-18(19(28)25-12-14-6-3-2-4-7-14)29-20(17)27(26-13)16-9-5-8-15(10-16)21(22,23)24/h2-11H,12H2,1H3,(H,25,28). The van der Waals surface area contributed by atoms with Crippen LogP contribution in [0, 0.1) is 6.92 Å². The molecule has 1 amide bonds. The lowest BCUT2D eigenvalue weighted by Gasteiger charge is -2.09. The average molecular weight is 415 g/mol. The van der Waals surface area contributed by atoms with Gasteiger partial charge in [0.05, 0.1) is 21.8 Å². The van der Waals surface area contributed by atoms with Gasteiger partial charge in [-0.1, -0.05) is 36.4 Å². The van der Waals surface area contributed by atoms with Crippen LogP contribution in [0.4, 0.5) is 13.2 Å². The van der Waals surface area contributed by atoms with Crippen molar-refractivity contribution >= 4 is 27.5 Å². The van der Waals surface area contributed by atoms with Crippen molar-refractivity contribution in [3.05, 3.63) is 82.4 Å². The van der Waals surface area contributed by atoms with Crippen LogP contribution in [-0.4, -0.2) is 15.7 Å². The molecule has 0 saturated carbocycles. The number of hydrogen-bond acceptors (Lipinski definition) is 3. The molecule has 4 rings (SSSR count). The number of amides is 1.